The fourth-order valence-electron chi connectivity index (χ4n) is 0.812. The van der Waals surface area contributed by atoms with E-state index in [1.165, 1.54) is 12.8 Å². The molecule has 0 aromatic carbocycles. The van der Waals surface area contributed by atoms with Crippen LogP contribution in [0.2, 0.25) is 19.6 Å². The van der Waals surface area contributed by atoms with Gasteiger partial charge in [-0.25, -0.2) is 12.8 Å². The normalized spacial score (nSPS) is 19.9. The van der Waals surface area contributed by atoms with Gasteiger partial charge in [-0.05, 0) is 0 Å². The van der Waals surface area contributed by atoms with Gasteiger partial charge in [-0.2, -0.15) is 0 Å². The number of hydrogen-bond acceptors (Lipinski definition) is 0. The van der Waals surface area contributed by atoms with Crippen LogP contribution in [0.3, 0.4) is 0 Å². The van der Waals surface area contributed by atoms with Crippen LogP contribution in [-0.4, -0.2) is 8.07 Å². The van der Waals surface area contributed by atoms with Crippen molar-refractivity contribution in [2.24, 2.45) is 0 Å². The Hall–Kier alpha value is 0.814. The molecule has 1 aliphatic carbocycles. The molecule has 1 saturated carbocycles. The molecular formula is C6H13LiSi. The van der Waals surface area contributed by atoms with Crippen molar-refractivity contribution in [1.29, 1.82) is 0 Å². The summed E-state index contributed by atoms with van der Waals surface area (Å²) in [6.07, 6.45) is 2.91. The maximum atomic E-state index is 2.43. The topological polar surface area (TPSA) is 0 Å². The third-order valence-corrected chi connectivity index (χ3v) is 4.18. The molecule has 0 nitrogen and oxygen atoms in total. The van der Waals surface area contributed by atoms with E-state index in [9.17, 15) is 0 Å². The first-order chi connectivity index (χ1) is 3.11. The van der Waals surface area contributed by atoms with Crippen molar-refractivity contribution in [3.63, 3.8) is 0 Å². The Morgan fingerprint density at radius 2 is 1.50 bits per heavy atom. The van der Waals surface area contributed by atoms with Crippen molar-refractivity contribution in [2.75, 3.05) is 0 Å². The molecule has 0 N–H and O–H groups in total. The van der Waals surface area contributed by atoms with Crippen molar-refractivity contribution >= 4 is 8.07 Å². The van der Waals surface area contributed by atoms with E-state index in [1.807, 2.05) is 5.54 Å². The predicted octanol–water partition coefficient (Wildman–Crippen LogP) is -0.764. The van der Waals surface area contributed by atoms with Gasteiger partial charge < -0.3 is 5.54 Å². The molecule has 0 aromatic rings. The second-order valence-electron chi connectivity index (χ2n) is 3.35. The zero-order chi connectivity index (χ0) is 5.49. The Morgan fingerprint density at radius 3 is 1.50 bits per heavy atom. The molecule has 1 aliphatic rings. The zero-order valence-electron chi connectivity index (χ0n) is 6.41. The summed E-state index contributed by atoms with van der Waals surface area (Å²) in [5, 5.41) is 0. The van der Waals surface area contributed by atoms with Crippen LogP contribution in [0.4, 0.5) is 0 Å². The minimum atomic E-state index is -0.707. The molecule has 42 valence electrons. The minimum Gasteiger partial charge on any atom is -0.318 e. The Kier molecular flexibility index (Phi) is 2.86. The predicted molar refractivity (Wildman–Crippen MR) is 35.8 cm³/mol. The summed E-state index contributed by atoms with van der Waals surface area (Å²) in [4.78, 5) is 0. The van der Waals surface area contributed by atoms with Crippen LogP contribution < -0.4 is 18.9 Å². The molecule has 8 heavy (non-hydrogen) atoms. The van der Waals surface area contributed by atoms with E-state index in [1.54, 1.807) is 0 Å². The molecule has 0 heterocycles. The summed E-state index contributed by atoms with van der Waals surface area (Å²) >= 11 is 0. The van der Waals surface area contributed by atoms with Gasteiger partial charge in [-0.1, -0.05) is 27.7 Å². The molecule has 2 heteroatoms. The SMILES string of the molecule is C[Si](C)(C)[C-]1CC1.[Li+]. The zero-order valence-corrected chi connectivity index (χ0v) is 7.41. The molecule has 0 aliphatic heterocycles. The summed E-state index contributed by atoms with van der Waals surface area (Å²) in [5.41, 5.74) is 1.88. The standard InChI is InChI=1S/C6H13Si.Li/c1-7(2,3)6-4-5-6;/h4-5H2,1-3H3;/q-1;+1. The van der Waals surface area contributed by atoms with E-state index in [0.29, 0.717) is 0 Å². The largest absolute Gasteiger partial charge is 1.00 e. The fraction of sp³-hybridized carbons (Fsp3) is 0.833. The summed E-state index contributed by atoms with van der Waals surface area (Å²) in [6.45, 7) is 7.28. The molecule has 0 amide bonds. The molecule has 0 spiro atoms. The van der Waals surface area contributed by atoms with Crippen molar-refractivity contribution in [3.05, 3.63) is 5.54 Å². The van der Waals surface area contributed by atoms with Crippen LogP contribution in [0.1, 0.15) is 12.8 Å². The van der Waals surface area contributed by atoms with Crippen LogP contribution in [-0.2, 0) is 0 Å². The van der Waals surface area contributed by atoms with E-state index in [4.69, 9.17) is 0 Å². The van der Waals surface area contributed by atoms with Crippen molar-refractivity contribution in [3.8, 4) is 0 Å². The molecule has 0 atom stereocenters. The monoisotopic (exact) mass is 120 g/mol. The van der Waals surface area contributed by atoms with Crippen LogP contribution in [0.25, 0.3) is 0 Å². The second kappa shape index (κ2) is 2.60. The first-order valence-electron chi connectivity index (χ1n) is 2.96. The molecule has 0 radical (unpaired) electrons. The van der Waals surface area contributed by atoms with E-state index in [-0.39, 0.29) is 18.9 Å². The van der Waals surface area contributed by atoms with Crippen LogP contribution in [0, 0.1) is 5.54 Å². The molecular weight excluding hydrogens is 107 g/mol. The van der Waals surface area contributed by atoms with Gasteiger partial charge in [-0.3, -0.25) is 0 Å². The van der Waals surface area contributed by atoms with E-state index < -0.39 is 8.07 Å². The number of hydrogen-bond donors (Lipinski definition) is 0. The number of rotatable bonds is 1. The summed E-state index contributed by atoms with van der Waals surface area (Å²) in [6, 6.07) is 0. The molecule has 0 aromatic heterocycles. The summed E-state index contributed by atoms with van der Waals surface area (Å²) in [5.74, 6) is 0. The Bertz CT molecular complexity index is 71.1. The Labute approximate surface area is 65.2 Å². The van der Waals surface area contributed by atoms with E-state index in [2.05, 4.69) is 19.6 Å². The molecule has 0 saturated heterocycles. The Morgan fingerprint density at radius 1 is 1.12 bits per heavy atom. The van der Waals surface area contributed by atoms with Crippen LogP contribution in [0.5, 0.6) is 0 Å². The maximum Gasteiger partial charge on any atom is 1.00 e. The van der Waals surface area contributed by atoms with Crippen LogP contribution >= 0.6 is 0 Å². The fourth-order valence-corrected chi connectivity index (χ4v) is 2.44. The van der Waals surface area contributed by atoms with Gasteiger partial charge in [0.05, 0.1) is 0 Å². The second-order valence-corrected chi connectivity index (χ2v) is 8.56. The molecule has 0 unspecified atom stereocenters. The van der Waals surface area contributed by atoms with Crippen LogP contribution in [0.15, 0.2) is 0 Å². The first kappa shape index (κ1) is 8.81. The molecule has 1 rings (SSSR count). The van der Waals surface area contributed by atoms with Gasteiger partial charge in [0, 0.05) is 0 Å². The van der Waals surface area contributed by atoms with Crippen molar-refractivity contribution < 1.29 is 18.9 Å². The van der Waals surface area contributed by atoms with Crippen molar-refractivity contribution in [1.82, 2.24) is 0 Å². The average molecular weight is 120 g/mol. The summed E-state index contributed by atoms with van der Waals surface area (Å²) < 4.78 is 0. The quantitative estimate of drug-likeness (QED) is 0.315. The minimum absolute atomic E-state index is 0. The van der Waals surface area contributed by atoms with Gasteiger partial charge in [-0.15, -0.1) is 0 Å². The van der Waals surface area contributed by atoms with Gasteiger partial charge in [0.2, 0.25) is 0 Å². The van der Waals surface area contributed by atoms with E-state index in [0.717, 1.165) is 0 Å². The summed E-state index contributed by atoms with van der Waals surface area (Å²) in [7, 11) is -0.707. The van der Waals surface area contributed by atoms with Gasteiger partial charge in [0.1, 0.15) is 0 Å². The smallest absolute Gasteiger partial charge is 0.318 e. The van der Waals surface area contributed by atoms with E-state index >= 15 is 0 Å². The maximum absolute atomic E-state index is 2.43. The Balaban J connectivity index is 0.000000490. The van der Waals surface area contributed by atoms with Gasteiger partial charge >= 0.3 is 18.9 Å². The third kappa shape index (κ3) is 2.39. The van der Waals surface area contributed by atoms with Crippen molar-refractivity contribution in [2.45, 2.75) is 32.5 Å². The molecule has 0 bridgehead atoms. The first-order valence-corrected chi connectivity index (χ1v) is 6.46. The molecule has 1 fully saturated rings. The van der Waals surface area contributed by atoms with Gasteiger partial charge in [0.15, 0.2) is 0 Å². The van der Waals surface area contributed by atoms with Gasteiger partial charge in [0.25, 0.3) is 0 Å². The third-order valence-electron chi connectivity index (χ3n) is 1.56. The average Bonchev–Trinajstić information content (AvgIpc) is 1.99.